The zero-order valence-corrected chi connectivity index (χ0v) is 12.4. The van der Waals surface area contributed by atoms with Gasteiger partial charge >= 0.3 is 0 Å². The molecule has 9 heteroatoms. The van der Waals surface area contributed by atoms with Crippen LogP contribution in [0.15, 0.2) is 23.0 Å². The van der Waals surface area contributed by atoms with Crippen molar-refractivity contribution >= 4 is 28.3 Å². The molecule has 0 amide bonds. The van der Waals surface area contributed by atoms with Crippen LogP contribution < -0.4 is 5.56 Å². The molecule has 2 heterocycles. The van der Waals surface area contributed by atoms with E-state index in [9.17, 15) is 14.9 Å². The first kappa shape index (κ1) is 14.2. The maximum atomic E-state index is 12.2. The standard InChI is InChI=1S/C13H10ClN5O3/c1-6-10-11(18(2)17-6)13(20)16-12(15-10)8-4-3-7(14)5-9(8)19(21)22/h3-5H,1-2H3,(H,15,16,20). The number of aromatic amines is 1. The van der Waals surface area contributed by atoms with Gasteiger partial charge in [-0.05, 0) is 19.1 Å². The Labute approximate surface area is 128 Å². The zero-order valence-electron chi connectivity index (χ0n) is 11.6. The summed E-state index contributed by atoms with van der Waals surface area (Å²) in [5.74, 6) is 0.108. The minimum Gasteiger partial charge on any atom is -0.304 e. The number of aromatic nitrogens is 4. The summed E-state index contributed by atoms with van der Waals surface area (Å²) in [6.45, 7) is 1.72. The van der Waals surface area contributed by atoms with Crippen molar-refractivity contribution in [2.75, 3.05) is 0 Å². The smallest absolute Gasteiger partial charge is 0.281 e. The number of nitrogens with one attached hydrogen (secondary N) is 1. The molecule has 0 aliphatic rings. The average molecular weight is 320 g/mol. The fourth-order valence-corrected chi connectivity index (χ4v) is 2.49. The molecule has 22 heavy (non-hydrogen) atoms. The fraction of sp³-hybridized carbons (Fsp3) is 0.154. The van der Waals surface area contributed by atoms with Gasteiger partial charge in [-0.25, -0.2) is 4.98 Å². The maximum Gasteiger partial charge on any atom is 0.281 e. The van der Waals surface area contributed by atoms with Crippen LogP contribution in [0, 0.1) is 17.0 Å². The molecule has 0 aliphatic heterocycles. The van der Waals surface area contributed by atoms with Gasteiger partial charge in [-0.15, -0.1) is 0 Å². The van der Waals surface area contributed by atoms with Gasteiger partial charge in [0.1, 0.15) is 11.3 Å². The Morgan fingerprint density at radius 3 is 2.82 bits per heavy atom. The van der Waals surface area contributed by atoms with Gasteiger partial charge in [0.2, 0.25) is 0 Å². The monoisotopic (exact) mass is 319 g/mol. The van der Waals surface area contributed by atoms with E-state index in [0.717, 1.165) is 0 Å². The molecule has 0 saturated carbocycles. The van der Waals surface area contributed by atoms with Crippen LogP contribution in [0.1, 0.15) is 5.69 Å². The molecule has 0 bridgehead atoms. The van der Waals surface area contributed by atoms with Gasteiger partial charge in [0.15, 0.2) is 5.52 Å². The van der Waals surface area contributed by atoms with Crippen molar-refractivity contribution in [3.63, 3.8) is 0 Å². The Kier molecular flexibility index (Phi) is 3.18. The van der Waals surface area contributed by atoms with Crippen molar-refractivity contribution in [1.29, 1.82) is 0 Å². The van der Waals surface area contributed by atoms with E-state index in [1.165, 1.54) is 22.9 Å². The van der Waals surface area contributed by atoms with Gasteiger partial charge < -0.3 is 4.98 Å². The summed E-state index contributed by atoms with van der Waals surface area (Å²) in [5.41, 5.74) is 0.852. The highest BCUT2D eigenvalue weighted by Crippen LogP contribution is 2.30. The molecule has 0 radical (unpaired) electrons. The molecule has 0 aliphatic carbocycles. The summed E-state index contributed by atoms with van der Waals surface area (Å²) in [6.07, 6.45) is 0. The van der Waals surface area contributed by atoms with E-state index < -0.39 is 10.5 Å². The molecular formula is C13H10ClN5O3. The molecule has 1 N–H and O–H groups in total. The molecular weight excluding hydrogens is 310 g/mol. The van der Waals surface area contributed by atoms with Gasteiger partial charge in [0, 0.05) is 18.1 Å². The second-order valence-corrected chi connectivity index (χ2v) is 5.18. The Bertz CT molecular complexity index is 976. The van der Waals surface area contributed by atoms with Crippen molar-refractivity contribution in [3.05, 3.63) is 49.4 Å². The van der Waals surface area contributed by atoms with Crippen molar-refractivity contribution in [2.24, 2.45) is 7.05 Å². The van der Waals surface area contributed by atoms with Crippen LogP contribution in [-0.4, -0.2) is 24.7 Å². The lowest BCUT2D eigenvalue weighted by molar-refractivity contribution is -0.384. The van der Waals surface area contributed by atoms with Gasteiger partial charge in [-0.2, -0.15) is 5.10 Å². The number of halogens is 1. The molecule has 112 valence electrons. The van der Waals surface area contributed by atoms with Crippen molar-refractivity contribution < 1.29 is 4.92 Å². The first-order valence-corrected chi connectivity index (χ1v) is 6.64. The molecule has 0 fully saturated rings. The van der Waals surface area contributed by atoms with E-state index in [4.69, 9.17) is 11.6 Å². The number of rotatable bonds is 2. The molecule has 0 atom stereocenters. The largest absolute Gasteiger partial charge is 0.304 e. The quantitative estimate of drug-likeness (QED) is 0.575. The summed E-state index contributed by atoms with van der Waals surface area (Å²) in [7, 11) is 1.64. The maximum absolute atomic E-state index is 12.2. The number of aryl methyl sites for hydroxylation is 2. The van der Waals surface area contributed by atoms with E-state index in [1.807, 2.05) is 0 Å². The highest BCUT2D eigenvalue weighted by molar-refractivity contribution is 6.30. The number of fused-ring (bicyclic) bond motifs is 1. The van der Waals surface area contributed by atoms with Gasteiger partial charge in [-0.1, -0.05) is 11.6 Å². The number of nitrogens with zero attached hydrogens (tertiary/aromatic N) is 4. The molecule has 2 aromatic heterocycles. The van der Waals surface area contributed by atoms with Crippen LogP contribution >= 0.6 is 11.6 Å². The van der Waals surface area contributed by atoms with Crippen LogP contribution in [0.3, 0.4) is 0 Å². The van der Waals surface area contributed by atoms with E-state index in [2.05, 4.69) is 15.1 Å². The average Bonchev–Trinajstić information content (AvgIpc) is 2.74. The second-order valence-electron chi connectivity index (χ2n) is 4.74. The van der Waals surface area contributed by atoms with E-state index >= 15 is 0 Å². The van der Waals surface area contributed by atoms with Crippen LogP contribution in [0.4, 0.5) is 5.69 Å². The number of hydrogen-bond acceptors (Lipinski definition) is 5. The number of H-pyrrole nitrogens is 1. The Morgan fingerprint density at radius 2 is 2.14 bits per heavy atom. The minimum atomic E-state index is -0.568. The van der Waals surface area contributed by atoms with Gasteiger partial charge in [0.25, 0.3) is 11.2 Å². The Hall–Kier alpha value is -2.74. The molecule has 3 rings (SSSR count). The fourth-order valence-electron chi connectivity index (χ4n) is 2.33. The first-order chi connectivity index (χ1) is 10.4. The third kappa shape index (κ3) is 2.13. The van der Waals surface area contributed by atoms with Crippen LogP contribution in [0.2, 0.25) is 5.02 Å². The predicted octanol–water partition coefficient (Wildman–Crippen LogP) is 2.19. The molecule has 0 spiro atoms. The second kappa shape index (κ2) is 4.92. The van der Waals surface area contributed by atoms with Crippen molar-refractivity contribution in [2.45, 2.75) is 6.92 Å². The highest BCUT2D eigenvalue weighted by Gasteiger charge is 2.20. The Morgan fingerprint density at radius 1 is 1.41 bits per heavy atom. The van der Waals surface area contributed by atoms with Crippen molar-refractivity contribution in [1.82, 2.24) is 19.7 Å². The third-order valence-corrected chi connectivity index (χ3v) is 3.51. The SMILES string of the molecule is Cc1nn(C)c2c(=O)[nH]c(-c3ccc(Cl)cc3[N+](=O)[O-])nc12. The summed E-state index contributed by atoms with van der Waals surface area (Å²) >= 11 is 5.79. The molecule has 0 unspecified atom stereocenters. The summed E-state index contributed by atoms with van der Waals surface area (Å²) in [5, 5.41) is 15.5. The Balaban J connectivity index is 2.35. The lowest BCUT2D eigenvalue weighted by atomic mass is 10.1. The van der Waals surface area contributed by atoms with E-state index in [0.29, 0.717) is 16.7 Å². The van der Waals surface area contributed by atoms with Crippen LogP contribution in [0.25, 0.3) is 22.4 Å². The number of hydrogen-bond donors (Lipinski definition) is 1. The highest BCUT2D eigenvalue weighted by atomic mass is 35.5. The summed E-state index contributed by atoms with van der Waals surface area (Å²) < 4.78 is 1.43. The molecule has 3 aromatic rings. The zero-order chi connectivity index (χ0) is 16.0. The molecule has 1 aromatic carbocycles. The summed E-state index contributed by atoms with van der Waals surface area (Å²) in [6, 6.07) is 4.18. The van der Waals surface area contributed by atoms with E-state index in [-0.39, 0.29) is 22.1 Å². The van der Waals surface area contributed by atoms with Crippen LogP contribution in [-0.2, 0) is 7.05 Å². The molecule has 0 saturated heterocycles. The molecule has 8 nitrogen and oxygen atoms in total. The van der Waals surface area contributed by atoms with Crippen molar-refractivity contribution in [3.8, 4) is 11.4 Å². The number of benzene rings is 1. The minimum absolute atomic E-state index is 0.108. The lowest BCUT2D eigenvalue weighted by Gasteiger charge is -2.03. The first-order valence-electron chi connectivity index (χ1n) is 6.26. The number of nitro groups is 1. The van der Waals surface area contributed by atoms with Gasteiger partial charge in [-0.3, -0.25) is 19.6 Å². The third-order valence-electron chi connectivity index (χ3n) is 3.27. The van der Waals surface area contributed by atoms with Gasteiger partial charge in [0.05, 0.1) is 16.2 Å². The number of nitro benzene ring substituents is 1. The normalized spacial score (nSPS) is 11.0. The van der Waals surface area contributed by atoms with E-state index in [1.54, 1.807) is 14.0 Å². The lowest BCUT2D eigenvalue weighted by Crippen LogP contribution is -2.12. The summed E-state index contributed by atoms with van der Waals surface area (Å²) in [4.78, 5) is 29.7. The topological polar surface area (TPSA) is 107 Å². The predicted molar refractivity (Wildman–Crippen MR) is 81.0 cm³/mol. The van der Waals surface area contributed by atoms with Crippen LogP contribution in [0.5, 0.6) is 0 Å².